The normalized spacial score (nSPS) is 12.9. The number of aromatic nitrogens is 4. The Morgan fingerprint density at radius 2 is 1.87 bits per heavy atom. The number of carbonyl (C=O) groups is 1. The lowest BCUT2D eigenvalue weighted by atomic mass is 10.1. The minimum Gasteiger partial charge on any atom is -0.491 e. The minimum atomic E-state index is -2.20. The Hall–Kier alpha value is -2.66. The summed E-state index contributed by atoms with van der Waals surface area (Å²) in [6, 6.07) is 5.22. The van der Waals surface area contributed by atoms with Crippen molar-refractivity contribution in [1.29, 1.82) is 0 Å². The lowest BCUT2D eigenvalue weighted by Crippen LogP contribution is -2.49. The number of ether oxygens (including phenoxy) is 1. The summed E-state index contributed by atoms with van der Waals surface area (Å²) >= 11 is 13.1. The maximum Gasteiger partial charge on any atom is 0.407 e. The SMILES string of the molecule is Cc1cnn(C)c1-c1nc(-c2cc(OC[C@@H](CN(C)C(=O)O)O[Si](C)(C)C(C)(C)C)ccc2Cl)nc(Cl)c1C. The third kappa shape index (κ3) is 7.11. The fourth-order valence-corrected chi connectivity index (χ4v) is 5.48. The van der Waals surface area contributed by atoms with Gasteiger partial charge in [0.15, 0.2) is 14.1 Å². The van der Waals surface area contributed by atoms with Crippen LogP contribution in [0.4, 0.5) is 4.79 Å². The average molecular weight is 595 g/mol. The van der Waals surface area contributed by atoms with E-state index in [1.165, 1.54) is 11.9 Å². The highest BCUT2D eigenvalue weighted by atomic mass is 35.5. The van der Waals surface area contributed by atoms with E-state index in [0.717, 1.165) is 16.8 Å². The quantitative estimate of drug-likeness (QED) is 0.214. The Balaban J connectivity index is 1.93. The second-order valence-corrected chi connectivity index (χ2v) is 16.7. The van der Waals surface area contributed by atoms with Crippen LogP contribution in [0.2, 0.25) is 28.3 Å². The lowest BCUT2D eigenvalue weighted by Gasteiger charge is -2.39. The predicted octanol–water partition coefficient (Wildman–Crippen LogP) is 6.85. The number of hydrogen-bond acceptors (Lipinski definition) is 6. The average Bonchev–Trinajstić information content (AvgIpc) is 3.16. The summed E-state index contributed by atoms with van der Waals surface area (Å²) in [4.78, 5) is 22.0. The van der Waals surface area contributed by atoms with E-state index in [1.807, 2.05) is 20.9 Å². The van der Waals surface area contributed by atoms with Crippen molar-refractivity contribution < 1.29 is 19.1 Å². The van der Waals surface area contributed by atoms with Gasteiger partial charge in [-0.1, -0.05) is 44.0 Å². The molecule has 3 aromatic rings. The Morgan fingerprint density at radius 1 is 1.21 bits per heavy atom. The van der Waals surface area contributed by atoms with Crippen molar-refractivity contribution in [2.24, 2.45) is 7.05 Å². The molecule has 212 valence electrons. The van der Waals surface area contributed by atoms with Gasteiger partial charge >= 0.3 is 6.09 Å². The van der Waals surface area contributed by atoms with Gasteiger partial charge in [0.1, 0.15) is 17.5 Å². The highest BCUT2D eigenvalue weighted by Crippen LogP contribution is 2.38. The number of halogens is 2. The summed E-state index contributed by atoms with van der Waals surface area (Å²) in [5.41, 5.74) is 3.77. The molecule has 0 aliphatic carbocycles. The number of carboxylic acid groups (broad SMARTS) is 1. The van der Waals surface area contributed by atoms with Gasteiger partial charge in [0.05, 0.1) is 35.3 Å². The van der Waals surface area contributed by atoms with E-state index in [1.54, 1.807) is 29.1 Å². The molecule has 1 N–H and O–H groups in total. The summed E-state index contributed by atoms with van der Waals surface area (Å²) < 4.78 is 14.4. The number of nitrogens with zero attached hydrogens (tertiary/aromatic N) is 5. The Morgan fingerprint density at radius 3 is 2.44 bits per heavy atom. The largest absolute Gasteiger partial charge is 0.491 e. The van der Waals surface area contributed by atoms with Gasteiger partial charge in [-0.2, -0.15) is 5.10 Å². The molecule has 0 aliphatic heterocycles. The number of benzene rings is 1. The third-order valence-electron chi connectivity index (χ3n) is 7.12. The van der Waals surface area contributed by atoms with Crippen LogP contribution in [0.3, 0.4) is 0 Å². The number of rotatable bonds is 9. The van der Waals surface area contributed by atoms with Crippen molar-refractivity contribution in [2.75, 3.05) is 20.2 Å². The molecule has 1 amide bonds. The molecular weight excluding hydrogens is 557 g/mol. The molecule has 3 rings (SSSR count). The van der Waals surface area contributed by atoms with Crippen molar-refractivity contribution in [3.63, 3.8) is 0 Å². The molecule has 2 heterocycles. The van der Waals surface area contributed by atoms with Gasteiger partial charge in [-0.15, -0.1) is 0 Å². The molecule has 1 aromatic carbocycles. The van der Waals surface area contributed by atoms with Gasteiger partial charge in [-0.25, -0.2) is 14.8 Å². The summed E-state index contributed by atoms with van der Waals surface area (Å²) in [5.74, 6) is 0.881. The first kappa shape index (κ1) is 30.9. The molecule has 9 nitrogen and oxygen atoms in total. The first-order chi connectivity index (χ1) is 18.0. The topological polar surface area (TPSA) is 103 Å². The lowest BCUT2D eigenvalue weighted by molar-refractivity contribution is 0.0794. The molecule has 0 fully saturated rings. The fraction of sp³-hybridized carbons (Fsp3) is 0.481. The molecule has 0 saturated heterocycles. The molecule has 0 unspecified atom stereocenters. The number of amides is 1. The van der Waals surface area contributed by atoms with Crippen LogP contribution >= 0.6 is 23.2 Å². The highest BCUT2D eigenvalue weighted by Gasteiger charge is 2.39. The standard InChI is InChI=1S/C27H37Cl2N5O4Si/c1-16-13-30-34(7)23(16)22-17(2)24(29)32-25(31-22)20-12-18(10-11-21(20)28)37-15-19(14-33(6)26(35)36)38-39(8,9)27(3,4)5/h10-13,19H,14-15H2,1-9H3,(H,35,36)/t19-/m1/s1. The van der Waals surface area contributed by atoms with Gasteiger partial charge in [0.25, 0.3) is 0 Å². The summed E-state index contributed by atoms with van der Waals surface area (Å²) in [5, 5.41) is 14.5. The van der Waals surface area contributed by atoms with Crippen LogP contribution in [-0.4, -0.2) is 70.5 Å². The summed E-state index contributed by atoms with van der Waals surface area (Å²) in [6.07, 6.45) is 0.284. The van der Waals surface area contributed by atoms with Gasteiger partial charge in [-0.3, -0.25) is 4.68 Å². The molecule has 0 aliphatic rings. The van der Waals surface area contributed by atoms with E-state index in [9.17, 15) is 9.90 Å². The number of likely N-dealkylation sites (N-methyl/N-ethyl adjacent to an activating group) is 1. The first-order valence-electron chi connectivity index (χ1n) is 12.6. The molecule has 0 spiro atoms. The fourth-order valence-electron chi connectivity index (χ4n) is 3.78. The van der Waals surface area contributed by atoms with E-state index >= 15 is 0 Å². The predicted molar refractivity (Wildman–Crippen MR) is 157 cm³/mol. The van der Waals surface area contributed by atoms with Gasteiger partial charge in [0, 0.05) is 25.2 Å². The van der Waals surface area contributed by atoms with Crippen molar-refractivity contribution in [1.82, 2.24) is 24.6 Å². The minimum absolute atomic E-state index is 0.0491. The Kier molecular flexibility index (Phi) is 9.37. The summed E-state index contributed by atoms with van der Waals surface area (Å²) in [7, 11) is 1.17. The Labute approximate surface area is 241 Å². The van der Waals surface area contributed by atoms with Crippen LogP contribution in [0.15, 0.2) is 24.4 Å². The molecular formula is C27H37Cl2N5O4Si. The first-order valence-corrected chi connectivity index (χ1v) is 16.3. The maximum absolute atomic E-state index is 11.5. The summed E-state index contributed by atoms with van der Waals surface area (Å²) in [6.45, 7) is 14.8. The monoisotopic (exact) mass is 593 g/mol. The van der Waals surface area contributed by atoms with Crippen LogP contribution in [-0.2, 0) is 11.5 Å². The van der Waals surface area contributed by atoms with Gasteiger partial charge in [-0.05, 0) is 55.7 Å². The highest BCUT2D eigenvalue weighted by molar-refractivity contribution is 6.74. The molecule has 1 atom stereocenters. The number of aryl methyl sites for hydroxylation is 2. The van der Waals surface area contributed by atoms with Crippen LogP contribution in [0.5, 0.6) is 5.75 Å². The van der Waals surface area contributed by atoms with E-state index in [-0.39, 0.29) is 18.2 Å². The zero-order valence-electron chi connectivity index (χ0n) is 24.0. The molecule has 0 saturated carbocycles. The van der Waals surface area contributed by atoms with Crippen molar-refractivity contribution in [3.8, 4) is 28.5 Å². The number of hydrogen-bond donors (Lipinski definition) is 1. The molecule has 12 heteroatoms. The maximum atomic E-state index is 11.5. The second kappa shape index (κ2) is 11.8. The molecule has 2 aromatic heterocycles. The van der Waals surface area contributed by atoms with E-state index in [2.05, 4.69) is 43.9 Å². The Bertz CT molecular complexity index is 1340. The smallest absolute Gasteiger partial charge is 0.407 e. The van der Waals surface area contributed by atoms with Crippen molar-refractivity contribution >= 4 is 37.6 Å². The van der Waals surface area contributed by atoms with E-state index < -0.39 is 20.5 Å². The van der Waals surface area contributed by atoms with Gasteiger partial charge < -0.3 is 19.2 Å². The zero-order valence-corrected chi connectivity index (χ0v) is 26.5. The van der Waals surface area contributed by atoms with Crippen LogP contribution in [0.1, 0.15) is 31.9 Å². The third-order valence-corrected chi connectivity index (χ3v) is 12.4. The van der Waals surface area contributed by atoms with Gasteiger partial charge in [0.2, 0.25) is 0 Å². The van der Waals surface area contributed by atoms with E-state index in [0.29, 0.717) is 33.0 Å². The second-order valence-electron chi connectivity index (χ2n) is 11.2. The molecule has 39 heavy (non-hydrogen) atoms. The van der Waals surface area contributed by atoms with Crippen molar-refractivity contribution in [3.05, 3.63) is 45.7 Å². The van der Waals surface area contributed by atoms with Crippen LogP contribution in [0, 0.1) is 13.8 Å². The van der Waals surface area contributed by atoms with E-state index in [4.69, 9.17) is 37.3 Å². The molecule has 0 radical (unpaired) electrons. The molecule has 0 bridgehead atoms. The zero-order chi connectivity index (χ0) is 29.3. The van der Waals surface area contributed by atoms with Crippen LogP contribution in [0.25, 0.3) is 22.8 Å². The van der Waals surface area contributed by atoms with Crippen LogP contribution < -0.4 is 4.74 Å². The van der Waals surface area contributed by atoms with Crippen molar-refractivity contribution in [2.45, 2.75) is 58.9 Å².